The summed E-state index contributed by atoms with van der Waals surface area (Å²) >= 11 is 0. The highest BCUT2D eigenvalue weighted by atomic mass is 32.2. The van der Waals surface area contributed by atoms with Crippen LogP contribution in [0.3, 0.4) is 0 Å². The maximum atomic E-state index is 14.0. The van der Waals surface area contributed by atoms with E-state index in [1.165, 1.54) is 4.18 Å². The fraction of sp³-hybridized carbons (Fsp3) is 1.00. The van der Waals surface area contributed by atoms with Crippen molar-refractivity contribution < 1.29 is 202 Å². The van der Waals surface area contributed by atoms with Gasteiger partial charge in [-0.3, -0.25) is 0 Å². The number of hydrogen-bond donors (Lipinski definition) is 0. The standard InChI is InChI=1S/C20HF41O5S/c21-1(64-67(62,63)20(60,61)13(44,45)10(38,39)15(49,50)51)2(22,23)3(24,25)4(26,27)5(28,29)6(30,31)7(32,33)8(34,35)11(40,41)16(52,53)65-18(56,57)19(58,59)66-17(54,55)12(42,43)9(36,37)14(46,47)48/h1H. The van der Waals surface area contributed by atoms with Crippen LogP contribution in [0, 0.1) is 0 Å². The Morgan fingerprint density at radius 3 is 0.731 bits per heavy atom. The second-order valence-corrected chi connectivity index (χ2v) is 13.2. The number of alkyl halides is 41. The summed E-state index contributed by atoms with van der Waals surface area (Å²) in [6.07, 6.45) is -59.8. The Morgan fingerprint density at radius 2 is 0.478 bits per heavy atom. The minimum Gasteiger partial charge on any atom is -0.243 e. The molecule has 1 atom stereocenters. The fourth-order valence-electron chi connectivity index (χ4n) is 3.20. The Balaban J connectivity index is 7.39. The summed E-state index contributed by atoms with van der Waals surface area (Å²) in [5.41, 5.74) is 0. The van der Waals surface area contributed by atoms with Crippen molar-refractivity contribution in [1.29, 1.82) is 0 Å². The molecular formula is C20HF41O5S. The van der Waals surface area contributed by atoms with Gasteiger partial charge in [0.05, 0.1) is 0 Å². The van der Waals surface area contributed by atoms with Crippen molar-refractivity contribution in [2.24, 2.45) is 0 Å². The van der Waals surface area contributed by atoms with Crippen LogP contribution < -0.4 is 0 Å². The average molecular weight is 1130 g/mol. The molecule has 0 aromatic heterocycles. The molecule has 0 saturated carbocycles. The van der Waals surface area contributed by atoms with Gasteiger partial charge in [0.15, 0.2) is 0 Å². The summed E-state index contributed by atoms with van der Waals surface area (Å²) in [5.74, 6) is -115. The Morgan fingerprint density at radius 1 is 0.269 bits per heavy atom. The summed E-state index contributed by atoms with van der Waals surface area (Å²) in [6.45, 7) is 0. The number of rotatable bonds is 21. The monoisotopic (exact) mass is 1130 g/mol. The molecule has 0 fully saturated rings. The van der Waals surface area contributed by atoms with Crippen LogP contribution in [-0.4, -0.2) is 128 Å². The minimum atomic E-state index is -10.3. The molecule has 0 aliphatic rings. The summed E-state index contributed by atoms with van der Waals surface area (Å²) in [5, 5.41) is -8.78. The van der Waals surface area contributed by atoms with Crippen LogP contribution in [-0.2, 0) is 23.8 Å². The van der Waals surface area contributed by atoms with Crippen LogP contribution in [0.15, 0.2) is 0 Å². The third-order valence-corrected chi connectivity index (χ3v) is 8.35. The number of ether oxygens (including phenoxy) is 2. The van der Waals surface area contributed by atoms with E-state index in [0.717, 1.165) is 0 Å². The van der Waals surface area contributed by atoms with Gasteiger partial charge in [0.1, 0.15) is 0 Å². The van der Waals surface area contributed by atoms with Gasteiger partial charge >= 0.3 is 123 Å². The van der Waals surface area contributed by atoms with Gasteiger partial charge in [0.2, 0.25) is 0 Å². The van der Waals surface area contributed by atoms with Crippen LogP contribution in [0.1, 0.15) is 0 Å². The van der Waals surface area contributed by atoms with Crippen molar-refractivity contribution in [3.63, 3.8) is 0 Å². The van der Waals surface area contributed by atoms with Crippen molar-refractivity contribution in [3.05, 3.63) is 0 Å². The Labute approximate surface area is 333 Å². The Hall–Kier alpha value is -3.04. The summed E-state index contributed by atoms with van der Waals surface area (Å²) in [6, 6.07) is 0. The van der Waals surface area contributed by atoms with E-state index in [1.54, 1.807) is 0 Å². The SMILES string of the molecule is O=S(=O)(OC(F)C(F)(F)C(F)(F)C(F)(F)C(F)(F)C(F)(F)C(F)(F)C(F)(F)C(F)(F)C(F)(F)OC(F)(F)C(F)(F)OC(F)(F)C(F)(F)C(F)(F)C(F)(F)F)C(F)(F)C(F)(F)C(F)(F)C(F)(F)F. The van der Waals surface area contributed by atoms with Gasteiger partial charge in [-0.1, -0.05) is 0 Å². The smallest absolute Gasteiger partial charge is 0.243 e. The molecular weight excluding hydrogens is 1130 g/mol. The molecule has 0 aliphatic heterocycles. The highest BCUT2D eigenvalue weighted by molar-refractivity contribution is 7.87. The van der Waals surface area contributed by atoms with Crippen molar-refractivity contribution >= 4 is 10.1 Å². The molecule has 0 spiro atoms. The van der Waals surface area contributed by atoms with E-state index in [-0.39, 0.29) is 0 Å². The molecule has 0 aromatic carbocycles. The van der Waals surface area contributed by atoms with Gasteiger partial charge in [-0.2, -0.15) is 184 Å². The first-order chi connectivity index (χ1) is 28.0. The molecule has 5 nitrogen and oxygen atoms in total. The summed E-state index contributed by atoms with van der Waals surface area (Å²) in [7, 11) is -9.50. The molecule has 1 unspecified atom stereocenters. The molecule has 0 radical (unpaired) electrons. The van der Waals surface area contributed by atoms with Gasteiger partial charge in [-0.25, -0.2) is 18.0 Å². The highest BCUT2D eigenvalue weighted by Gasteiger charge is 2.98. The van der Waals surface area contributed by atoms with E-state index in [9.17, 15) is 188 Å². The molecule has 0 amide bonds. The van der Waals surface area contributed by atoms with Gasteiger partial charge in [0, 0.05) is 0 Å². The topological polar surface area (TPSA) is 61.8 Å². The van der Waals surface area contributed by atoms with E-state index < -0.39 is 130 Å². The van der Waals surface area contributed by atoms with Crippen molar-refractivity contribution in [2.45, 2.75) is 119 Å². The maximum Gasteiger partial charge on any atom is 0.460 e. The van der Waals surface area contributed by atoms with Crippen LogP contribution >= 0.6 is 0 Å². The van der Waals surface area contributed by atoms with Crippen molar-refractivity contribution in [1.82, 2.24) is 0 Å². The molecule has 404 valence electrons. The molecule has 0 rings (SSSR count). The average Bonchev–Trinajstić information content (AvgIpc) is 3.04. The largest absolute Gasteiger partial charge is 0.460 e. The van der Waals surface area contributed by atoms with Gasteiger partial charge in [-0.05, 0) is 0 Å². The van der Waals surface area contributed by atoms with Crippen LogP contribution in [0.4, 0.5) is 180 Å². The second kappa shape index (κ2) is 16.0. The lowest BCUT2D eigenvalue weighted by Gasteiger charge is -2.44. The van der Waals surface area contributed by atoms with Crippen molar-refractivity contribution in [2.75, 3.05) is 0 Å². The van der Waals surface area contributed by atoms with Crippen molar-refractivity contribution in [3.8, 4) is 0 Å². The second-order valence-electron chi connectivity index (χ2n) is 11.6. The molecule has 0 saturated heterocycles. The van der Waals surface area contributed by atoms with E-state index in [4.69, 9.17) is 0 Å². The predicted octanol–water partition coefficient (Wildman–Crippen LogP) is 12.4. The van der Waals surface area contributed by atoms with Gasteiger partial charge in [0.25, 0.3) is 6.36 Å². The van der Waals surface area contributed by atoms with E-state index in [0.29, 0.717) is 9.47 Å². The third-order valence-electron chi connectivity index (χ3n) is 7.04. The maximum absolute atomic E-state index is 14.0. The van der Waals surface area contributed by atoms with Crippen LogP contribution in [0.25, 0.3) is 0 Å². The summed E-state index contributed by atoms with van der Waals surface area (Å²) in [4.78, 5) is 0. The van der Waals surface area contributed by atoms with E-state index in [1.807, 2.05) is 0 Å². The zero-order chi connectivity index (χ0) is 55.7. The quantitative estimate of drug-likeness (QED) is 0.0847. The lowest BCUT2D eigenvalue weighted by molar-refractivity contribution is -0.560. The molecule has 0 bridgehead atoms. The lowest BCUT2D eigenvalue weighted by atomic mass is 9.87. The lowest BCUT2D eigenvalue weighted by Crippen LogP contribution is -2.77. The first-order valence-corrected chi connectivity index (χ1v) is 15.0. The van der Waals surface area contributed by atoms with Gasteiger partial charge < -0.3 is 0 Å². The zero-order valence-electron chi connectivity index (χ0n) is 28.0. The Bertz CT molecular complexity index is 1890. The van der Waals surface area contributed by atoms with Gasteiger partial charge in [-0.15, -0.1) is 0 Å². The Kier molecular flexibility index (Phi) is 15.3. The summed E-state index contributed by atoms with van der Waals surface area (Å²) < 4.78 is 571. The molecule has 0 N–H and O–H groups in total. The fourth-order valence-corrected chi connectivity index (χ4v) is 4.11. The minimum absolute atomic E-state index is 0.564. The molecule has 0 aromatic rings. The molecule has 0 heterocycles. The van der Waals surface area contributed by atoms with Crippen LogP contribution in [0.2, 0.25) is 0 Å². The van der Waals surface area contributed by atoms with Crippen LogP contribution in [0.5, 0.6) is 0 Å². The normalized spacial score (nSPS) is 17.6. The van der Waals surface area contributed by atoms with E-state index >= 15 is 0 Å². The highest BCUT2D eigenvalue weighted by Crippen LogP contribution is 2.67. The first kappa shape index (κ1) is 64.0. The number of halogens is 41. The zero-order valence-corrected chi connectivity index (χ0v) is 28.8. The molecule has 67 heavy (non-hydrogen) atoms. The number of hydrogen-bond acceptors (Lipinski definition) is 5. The molecule has 0 aliphatic carbocycles. The third kappa shape index (κ3) is 8.70. The van der Waals surface area contributed by atoms with E-state index in [2.05, 4.69) is 0 Å². The first-order valence-electron chi connectivity index (χ1n) is 13.6. The molecule has 47 heteroatoms. The predicted molar refractivity (Wildman–Crippen MR) is 113 cm³/mol.